The normalized spacial score (nSPS) is 16.3. The first-order valence-electron chi connectivity index (χ1n) is 11.8. The molecule has 1 aromatic heterocycles. The van der Waals surface area contributed by atoms with Crippen molar-refractivity contribution in [2.45, 2.75) is 52.0 Å². The molecule has 6 nitrogen and oxygen atoms in total. The molecular formula is C27H33N3O3S. The molecule has 0 radical (unpaired) electrons. The van der Waals surface area contributed by atoms with Crippen molar-refractivity contribution in [3.05, 3.63) is 82.4 Å². The van der Waals surface area contributed by atoms with Crippen LogP contribution >= 0.6 is 11.3 Å². The lowest BCUT2D eigenvalue weighted by atomic mass is 10.1. The van der Waals surface area contributed by atoms with E-state index in [4.69, 9.17) is 5.11 Å². The summed E-state index contributed by atoms with van der Waals surface area (Å²) in [6.45, 7) is 6.00. The maximum absolute atomic E-state index is 12.2. The molecule has 3 N–H and O–H groups in total. The Morgan fingerprint density at radius 2 is 1.74 bits per heavy atom. The molecule has 2 atom stereocenters. The first-order valence-corrected chi connectivity index (χ1v) is 12.6. The zero-order valence-corrected chi connectivity index (χ0v) is 20.6. The Morgan fingerprint density at radius 1 is 1.06 bits per heavy atom. The van der Waals surface area contributed by atoms with Crippen molar-refractivity contribution in [3.8, 4) is 0 Å². The fourth-order valence-corrected chi connectivity index (χ4v) is 4.54. The number of hydrogen-bond acceptors (Lipinski definition) is 5. The van der Waals surface area contributed by atoms with Crippen LogP contribution in [0.4, 0.5) is 5.13 Å². The molecule has 3 aromatic rings. The van der Waals surface area contributed by atoms with Crippen LogP contribution in [-0.2, 0) is 11.3 Å². The molecule has 34 heavy (non-hydrogen) atoms. The summed E-state index contributed by atoms with van der Waals surface area (Å²) in [5.74, 6) is -0.898. The average molecular weight is 480 g/mol. The van der Waals surface area contributed by atoms with E-state index < -0.39 is 5.97 Å². The Bertz CT molecular complexity index is 1050. The van der Waals surface area contributed by atoms with Gasteiger partial charge in [0.25, 0.3) is 0 Å². The van der Waals surface area contributed by atoms with E-state index in [-0.39, 0.29) is 22.6 Å². The van der Waals surface area contributed by atoms with Crippen LogP contribution in [0.15, 0.2) is 60.7 Å². The van der Waals surface area contributed by atoms with Crippen LogP contribution < -0.4 is 10.6 Å². The predicted molar refractivity (Wildman–Crippen MR) is 137 cm³/mol. The molecule has 1 saturated carbocycles. The maximum atomic E-state index is 12.2. The van der Waals surface area contributed by atoms with E-state index in [0.29, 0.717) is 10.8 Å². The zero-order valence-electron chi connectivity index (χ0n) is 19.8. The molecule has 180 valence electrons. The fraction of sp³-hybridized carbons (Fsp3) is 0.370. The number of amides is 1. The number of aromatic nitrogens is 1. The Kier molecular flexibility index (Phi) is 9.79. The van der Waals surface area contributed by atoms with Crippen molar-refractivity contribution in [1.82, 2.24) is 10.3 Å². The second kappa shape index (κ2) is 13.0. The summed E-state index contributed by atoms with van der Waals surface area (Å²) in [5.41, 5.74) is 2.97. The minimum absolute atomic E-state index is 0.0510. The van der Waals surface area contributed by atoms with Gasteiger partial charge in [0.15, 0.2) is 5.13 Å². The van der Waals surface area contributed by atoms with Gasteiger partial charge in [0.2, 0.25) is 5.91 Å². The summed E-state index contributed by atoms with van der Waals surface area (Å²) in [4.78, 5) is 27.4. The van der Waals surface area contributed by atoms with E-state index in [1.54, 1.807) is 6.92 Å². The van der Waals surface area contributed by atoms with Crippen molar-refractivity contribution in [1.29, 1.82) is 0 Å². The largest absolute Gasteiger partial charge is 0.477 e. The zero-order chi connectivity index (χ0) is 24.3. The number of anilines is 1. The molecule has 0 aliphatic heterocycles. The summed E-state index contributed by atoms with van der Waals surface area (Å²) < 4.78 is 0. The first-order chi connectivity index (χ1) is 16.5. The maximum Gasteiger partial charge on any atom is 0.347 e. The highest BCUT2D eigenvalue weighted by molar-refractivity contribution is 7.17. The highest BCUT2D eigenvalue weighted by Crippen LogP contribution is 2.48. The van der Waals surface area contributed by atoms with Gasteiger partial charge in [-0.3, -0.25) is 4.79 Å². The minimum Gasteiger partial charge on any atom is -0.477 e. The van der Waals surface area contributed by atoms with E-state index >= 15 is 0 Å². The van der Waals surface area contributed by atoms with Crippen LogP contribution in [0.2, 0.25) is 0 Å². The standard InChI is InChI=1S/C15H14N2O3S.C12H19N/c1-8-12(14(19)20)21-15(16-8)17-13(18)11-7-10(11)9-5-3-2-4-6-9;1-2-3-7-10-13-11-12-8-5-4-6-9-12/h2-6,10-11H,7H2,1H3,(H,19,20)(H,16,17,18);4-6,8-9,13H,2-3,7,10-11H2,1H3. The molecule has 2 unspecified atom stereocenters. The third kappa shape index (κ3) is 7.78. The SMILES string of the molecule is CCCCCNCc1ccccc1.Cc1nc(NC(=O)C2CC2c2ccccc2)sc1C(=O)O. The Balaban J connectivity index is 0.000000215. The number of rotatable bonds is 10. The lowest BCUT2D eigenvalue weighted by Crippen LogP contribution is -2.14. The van der Waals surface area contributed by atoms with Gasteiger partial charge < -0.3 is 15.7 Å². The lowest BCUT2D eigenvalue weighted by molar-refractivity contribution is -0.117. The minimum atomic E-state index is -1.01. The highest BCUT2D eigenvalue weighted by Gasteiger charge is 2.44. The molecule has 0 saturated heterocycles. The Hall–Kier alpha value is -3.03. The predicted octanol–water partition coefficient (Wildman–Crippen LogP) is 5.86. The van der Waals surface area contributed by atoms with Crippen LogP contribution in [0.1, 0.15) is 65.0 Å². The summed E-state index contributed by atoms with van der Waals surface area (Å²) in [5, 5.41) is 15.5. The molecule has 7 heteroatoms. The third-order valence-corrected chi connectivity index (χ3v) is 6.77. The molecule has 0 spiro atoms. The van der Waals surface area contributed by atoms with Gasteiger partial charge in [-0.25, -0.2) is 9.78 Å². The molecule has 0 bridgehead atoms. The number of unbranched alkanes of at least 4 members (excludes halogenated alkanes) is 2. The van der Waals surface area contributed by atoms with Gasteiger partial charge in [-0.15, -0.1) is 0 Å². The monoisotopic (exact) mass is 479 g/mol. The van der Waals surface area contributed by atoms with E-state index in [1.165, 1.54) is 30.4 Å². The summed E-state index contributed by atoms with van der Waals surface area (Å²) in [6, 6.07) is 20.5. The highest BCUT2D eigenvalue weighted by atomic mass is 32.1. The van der Waals surface area contributed by atoms with Crippen LogP contribution in [-0.4, -0.2) is 28.5 Å². The molecule has 1 heterocycles. The molecule has 1 aliphatic rings. The van der Waals surface area contributed by atoms with Crippen LogP contribution in [0, 0.1) is 12.8 Å². The average Bonchev–Trinajstić information content (AvgIpc) is 3.57. The molecular weight excluding hydrogens is 446 g/mol. The smallest absolute Gasteiger partial charge is 0.347 e. The van der Waals surface area contributed by atoms with Gasteiger partial charge in [-0.05, 0) is 43.4 Å². The van der Waals surface area contributed by atoms with Gasteiger partial charge in [0.1, 0.15) is 4.88 Å². The molecule has 1 amide bonds. The molecule has 1 aliphatic carbocycles. The number of thiazole rings is 1. The number of carboxylic acid groups (broad SMARTS) is 1. The molecule has 4 rings (SSSR count). The number of aryl methyl sites for hydroxylation is 1. The van der Waals surface area contributed by atoms with Crippen LogP contribution in [0.5, 0.6) is 0 Å². The van der Waals surface area contributed by atoms with E-state index in [0.717, 1.165) is 30.8 Å². The number of benzene rings is 2. The van der Waals surface area contributed by atoms with Gasteiger partial charge in [-0.2, -0.15) is 0 Å². The van der Waals surface area contributed by atoms with Crippen LogP contribution in [0.25, 0.3) is 0 Å². The fourth-order valence-electron chi connectivity index (χ4n) is 3.73. The second-order valence-corrected chi connectivity index (χ2v) is 9.46. The Labute approximate surface area is 205 Å². The molecule has 1 fully saturated rings. The number of carboxylic acids is 1. The number of hydrogen-bond donors (Lipinski definition) is 3. The quantitative estimate of drug-likeness (QED) is 0.317. The van der Waals surface area contributed by atoms with Gasteiger partial charge in [-0.1, -0.05) is 91.8 Å². The van der Waals surface area contributed by atoms with Gasteiger partial charge in [0, 0.05) is 12.5 Å². The summed E-state index contributed by atoms with van der Waals surface area (Å²) in [7, 11) is 0. The van der Waals surface area contributed by atoms with Crippen molar-refractivity contribution >= 4 is 28.3 Å². The number of aromatic carboxylic acids is 1. The topological polar surface area (TPSA) is 91.3 Å². The number of nitrogens with zero attached hydrogens (tertiary/aromatic N) is 1. The van der Waals surface area contributed by atoms with Crippen molar-refractivity contribution in [2.75, 3.05) is 11.9 Å². The number of carbonyl (C=O) groups is 2. The van der Waals surface area contributed by atoms with Crippen molar-refractivity contribution in [3.63, 3.8) is 0 Å². The van der Waals surface area contributed by atoms with Gasteiger partial charge in [0.05, 0.1) is 5.69 Å². The van der Waals surface area contributed by atoms with E-state index in [9.17, 15) is 9.59 Å². The first kappa shape index (κ1) is 25.6. The number of carbonyl (C=O) groups excluding carboxylic acids is 1. The molecule has 2 aromatic carbocycles. The lowest BCUT2D eigenvalue weighted by Gasteiger charge is -2.03. The third-order valence-electron chi connectivity index (χ3n) is 5.70. The van der Waals surface area contributed by atoms with Crippen molar-refractivity contribution < 1.29 is 14.7 Å². The number of nitrogens with one attached hydrogen (secondary N) is 2. The second-order valence-electron chi connectivity index (χ2n) is 8.46. The van der Waals surface area contributed by atoms with Crippen molar-refractivity contribution in [2.24, 2.45) is 5.92 Å². The Morgan fingerprint density at radius 3 is 2.35 bits per heavy atom. The van der Waals surface area contributed by atoms with Gasteiger partial charge >= 0.3 is 5.97 Å². The summed E-state index contributed by atoms with van der Waals surface area (Å²) >= 11 is 0.996. The van der Waals surface area contributed by atoms with E-state index in [1.807, 2.05) is 30.3 Å². The summed E-state index contributed by atoms with van der Waals surface area (Å²) in [6.07, 6.45) is 4.75. The van der Waals surface area contributed by atoms with E-state index in [2.05, 4.69) is 52.9 Å². The van der Waals surface area contributed by atoms with Crippen LogP contribution in [0.3, 0.4) is 0 Å².